The number of H-pyrrole nitrogens is 1. The minimum absolute atomic E-state index is 0.0151. The van der Waals surface area contributed by atoms with Crippen LogP contribution in [0.15, 0.2) is 29.6 Å². The number of ether oxygens (including phenoxy) is 1. The quantitative estimate of drug-likeness (QED) is 0.610. The Balaban J connectivity index is 1.14. The number of nitrogens with one attached hydrogen (secondary N) is 1. The SMILES string of the molecule is O=C(c1csc(COc2ccc(Cl)cc2)n1)N1CCC(c2nc(C3CC3)n[nH]2)CC1. The lowest BCUT2D eigenvalue weighted by molar-refractivity contribution is 0.0705. The number of aromatic nitrogens is 4. The number of likely N-dealkylation sites (tertiary alicyclic amines) is 1. The molecule has 5 rings (SSSR count). The monoisotopic (exact) mass is 443 g/mol. The summed E-state index contributed by atoms with van der Waals surface area (Å²) in [6.07, 6.45) is 4.18. The van der Waals surface area contributed by atoms with Crippen molar-refractivity contribution in [2.45, 2.75) is 44.1 Å². The first-order valence-electron chi connectivity index (χ1n) is 10.2. The van der Waals surface area contributed by atoms with Crippen LogP contribution in [0.2, 0.25) is 5.02 Å². The van der Waals surface area contributed by atoms with Crippen LogP contribution in [0.3, 0.4) is 0 Å². The Morgan fingerprint density at radius 2 is 1.90 bits per heavy atom. The van der Waals surface area contributed by atoms with Gasteiger partial charge in [-0.15, -0.1) is 11.3 Å². The highest BCUT2D eigenvalue weighted by Crippen LogP contribution is 2.38. The first kappa shape index (κ1) is 19.5. The maximum Gasteiger partial charge on any atom is 0.273 e. The summed E-state index contributed by atoms with van der Waals surface area (Å²) in [6, 6.07) is 7.19. The van der Waals surface area contributed by atoms with Crippen LogP contribution in [0, 0.1) is 0 Å². The van der Waals surface area contributed by atoms with Gasteiger partial charge in [-0.25, -0.2) is 9.97 Å². The van der Waals surface area contributed by atoms with E-state index in [1.807, 2.05) is 22.4 Å². The van der Waals surface area contributed by atoms with E-state index in [1.165, 1.54) is 24.2 Å². The third-order valence-electron chi connectivity index (χ3n) is 5.58. The van der Waals surface area contributed by atoms with Gasteiger partial charge in [0.25, 0.3) is 5.91 Å². The average Bonchev–Trinajstić information content (AvgIpc) is 3.32. The number of rotatable bonds is 6. The molecule has 30 heavy (non-hydrogen) atoms. The molecule has 2 aromatic heterocycles. The number of thiazole rings is 1. The number of piperidine rings is 1. The minimum Gasteiger partial charge on any atom is -0.486 e. The number of nitrogens with zero attached hydrogens (tertiary/aromatic N) is 4. The van der Waals surface area contributed by atoms with Crippen LogP contribution in [-0.4, -0.2) is 44.1 Å². The van der Waals surface area contributed by atoms with Gasteiger partial charge in [-0.2, -0.15) is 5.10 Å². The van der Waals surface area contributed by atoms with E-state index in [-0.39, 0.29) is 5.91 Å². The van der Waals surface area contributed by atoms with E-state index >= 15 is 0 Å². The maximum absolute atomic E-state index is 12.8. The first-order valence-corrected chi connectivity index (χ1v) is 11.5. The topological polar surface area (TPSA) is 84.0 Å². The van der Waals surface area contributed by atoms with Crippen molar-refractivity contribution in [3.63, 3.8) is 0 Å². The smallest absolute Gasteiger partial charge is 0.273 e. The molecule has 9 heteroatoms. The molecule has 0 bridgehead atoms. The molecule has 156 valence electrons. The van der Waals surface area contributed by atoms with E-state index < -0.39 is 0 Å². The lowest BCUT2D eigenvalue weighted by Crippen LogP contribution is -2.38. The molecule has 2 aliphatic rings. The Morgan fingerprint density at radius 1 is 1.13 bits per heavy atom. The molecular weight excluding hydrogens is 422 g/mol. The first-order chi connectivity index (χ1) is 14.7. The Morgan fingerprint density at radius 3 is 2.63 bits per heavy atom. The van der Waals surface area contributed by atoms with E-state index in [4.69, 9.17) is 16.3 Å². The van der Waals surface area contributed by atoms with Gasteiger partial charge in [0.1, 0.15) is 28.9 Å². The number of hydrogen-bond acceptors (Lipinski definition) is 6. The minimum atomic E-state index is -0.0151. The highest BCUT2D eigenvalue weighted by Gasteiger charge is 2.31. The Kier molecular flexibility index (Phi) is 5.43. The fourth-order valence-corrected chi connectivity index (χ4v) is 4.47. The van der Waals surface area contributed by atoms with Gasteiger partial charge in [-0.3, -0.25) is 9.89 Å². The number of carbonyl (C=O) groups excluding carboxylic acids is 1. The number of halogens is 1. The van der Waals surface area contributed by atoms with Crippen molar-refractivity contribution >= 4 is 28.8 Å². The summed E-state index contributed by atoms with van der Waals surface area (Å²) in [5.74, 6) is 3.53. The summed E-state index contributed by atoms with van der Waals surface area (Å²) >= 11 is 7.32. The summed E-state index contributed by atoms with van der Waals surface area (Å²) in [7, 11) is 0. The van der Waals surface area contributed by atoms with E-state index in [0.29, 0.717) is 42.2 Å². The predicted molar refractivity (Wildman–Crippen MR) is 114 cm³/mol. The fraction of sp³-hybridized carbons (Fsp3) is 0.429. The lowest BCUT2D eigenvalue weighted by atomic mass is 9.96. The van der Waals surface area contributed by atoms with Crippen molar-refractivity contribution in [2.24, 2.45) is 0 Å². The normalized spacial score (nSPS) is 17.3. The number of aromatic amines is 1. The van der Waals surface area contributed by atoms with Crippen molar-refractivity contribution in [1.82, 2.24) is 25.1 Å². The van der Waals surface area contributed by atoms with Crippen LogP contribution >= 0.6 is 22.9 Å². The number of amides is 1. The highest BCUT2D eigenvalue weighted by molar-refractivity contribution is 7.09. The highest BCUT2D eigenvalue weighted by atomic mass is 35.5. The van der Waals surface area contributed by atoms with Gasteiger partial charge in [-0.05, 0) is 49.9 Å². The van der Waals surface area contributed by atoms with Crippen LogP contribution in [0.4, 0.5) is 0 Å². The fourth-order valence-electron chi connectivity index (χ4n) is 3.66. The number of carbonyl (C=O) groups is 1. The van der Waals surface area contributed by atoms with Gasteiger partial charge in [0.05, 0.1) is 0 Å². The molecule has 1 aliphatic carbocycles. The Hall–Kier alpha value is -2.45. The van der Waals surface area contributed by atoms with Crippen molar-refractivity contribution in [3.05, 3.63) is 57.0 Å². The summed E-state index contributed by atoms with van der Waals surface area (Å²) in [4.78, 5) is 23.9. The molecule has 1 N–H and O–H groups in total. The standard InChI is InChI=1S/C21H22ClN5O2S/c22-15-3-5-16(6-4-15)29-11-18-23-17(12-30-18)21(28)27-9-7-14(8-10-27)20-24-19(25-26-20)13-1-2-13/h3-6,12-14H,1-2,7-11H2,(H,24,25,26). The molecule has 2 fully saturated rings. The molecule has 7 nitrogen and oxygen atoms in total. The molecule has 0 unspecified atom stereocenters. The molecule has 0 radical (unpaired) electrons. The van der Waals surface area contributed by atoms with E-state index in [0.717, 1.165) is 35.2 Å². The molecule has 1 aliphatic heterocycles. The van der Waals surface area contributed by atoms with Gasteiger partial charge in [0.15, 0.2) is 5.82 Å². The summed E-state index contributed by atoms with van der Waals surface area (Å²) in [5, 5.41) is 10.7. The van der Waals surface area contributed by atoms with Crippen LogP contribution < -0.4 is 4.74 Å². The second-order valence-corrected chi connectivity index (χ2v) is 9.17. The molecule has 3 aromatic rings. The van der Waals surface area contributed by atoms with E-state index in [2.05, 4.69) is 20.2 Å². The van der Waals surface area contributed by atoms with Crippen molar-refractivity contribution < 1.29 is 9.53 Å². The van der Waals surface area contributed by atoms with Crippen molar-refractivity contribution in [2.75, 3.05) is 13.1 Å². The molecule has 1 saturated carbocycles. The van der Waals surface area contributed by atoms with Gasteiger partial charge >= 0.3 is 0 Å². The van der Waals surface area contributed by atoms with Crippen LogP contribution in [0.5, 0.6) is 5.75 Å². The molecule has 1 amide bonds. The predicted octanol–water partition coefficient (Wildman–Crippen LogP) is 4.39. The second-order valence-electron chi connectivity index (χ2n) is 7.79. The summed E-state index contributed by atoms with van der Waals surface area (Å²) in [5.41, 5.74) is 0.490. The van der Waals surface area contributed by atoms with Crippen LogP contribution in [-0.2, 0) is 6.61 Å². The number of hydrogen-bond donors (Lipinski definition) is 1. The zero-order valence-corrected chi connectivity index (χ0v) is 18.0. The van der Waals surface area contributed by atoms with Gasteiger partial charge in [0, 0.05) is 35.3 Å². The van der Waals surface area contributed by atoms with Gasteiger partial charge in [0.2, 0.25) is 0 Å². The zero-order chi connectivity index (χ0) is 20.5. The molecular formula is C21H22ClN5O2S. The molecule has 0 spiro atoms. The third-order valence-corrected chi connectivity index (χ3v) is 6.65. The second kappa shape index (κ2) is 8.35. The summed E-state index contributed by atoms with van der Waals surface area (Å²) in [6.45, 7) is 1.74. The molecule has 1 saturated heterocycles. The molecule has 3 heterocycles. The third kappa shape index (κ3) is 4.34. The van der Waals surface area contributed by atoms with Crippen molar-refractivity contribution in [3.8, 4) is 5.75 Å². The maximum atomic E-state index is 12.8. The Labute approximate surface area is 183 Å². The van der Waals surface area contributed by atoms with E-state index in [1.54, 1.807) is 12.1 Å². The summed E-state index contributed by atoms with van der Waals surface area (Å²) < 4.78 is 5.72. The largest absolute Gasteiger partial charge is 0.486 e. The van der Waals surface area contributed by atoms with Gasteiger partial charge < -0.3 is 9.64 Å². The van der Waals surface area contributed by atoms with Crippen LogP contribution in [0.1, 0.15) is 64.7 Å². The molecule has 1 aromatic carbocycles. The van der Waals surface area contributed by atoms with Crippen molar-refractivity contribution in [1.29, 1.82) is 0 Å². The molecule has 0 atom stereocenters. The van der Waals surface area contributed by atoms with Crippen LogP contribution in [0.25, 0.3) is 0 Å². The Bertz CT molecular complexity index is 1020. The van der Waals surface area contributed by atoms with E-state index in [9.17, 15) is 4.79 Å². The average molecular weight is 444 g/mol. The zero-order valence-electron chi connectivity index (χ0n) is 16.4. The lowest BCUT2D eigenvalue weighted by Gasteiger charge is -2.30. The number of benzene rings is 1. The van der Waals surface area contributed by atoms with Gasteiger partial charge in [-0.1, -0.05) is 11.6 Å².